The number of cyclic esters (lactones) is 1. The summed E-state index contributed by atoms with van der Waals surface area (Å²) in [4.78, 5) is 27.8. The lowest BCUT2D eigenvalue weighted by atomic mass is 9.72. The van der Waals surface area contributed by atoms with Gasteiger partial charge >= 0.3 is 12.1 Å². The highest BCUT2D eigenvalue weighted by molar-refractivity contribution is 5.92. The molecule has 0 saturated carbocycles. The number of benzene rings is 2. The molecule has 2 aromatic rings. The standard InChI is InChI=1S/C26H25F2N5O3/c27-21-7-6-18(14-22(21)28)23-16-36-25(35)33(23)24(34)31-10-3-11-32-12-8-26(17-30,9-13-32)20-5-2-1-4-19(20)15-29/h1-2,4-7,14,23H,3,8-13,16H2,(H,31,34). The number of carbonyl (C=O) groups excluding carboxylic acids is 2. The molecule has 4 rings (SSSR count). The molecule has 2 aromatic carbocycles. The Bertz CT molecular complexity index is 1230. The zero-order valence-electron chi connectivity index (χ0n) is 19.5. The second-order valence-electron chi connectivity index (χ2n) is 8.91. The third-order valence-electron chi connectivity index (χ3n) is 6.83. The van der Waals surface area contributed by atoms with Crippen LogP contribution in [0.15, 0.2) is 42.5 Å². The second-order valence-corrected chi connectivity index (χ2v) is 8.91. The predicted octanol–water partition coefficient (Wildman–Crippen LogP) is 3.99. The van der Waals surface area contributed by atoms with Crippen LogP contribution in [0.5, 0.6) is 0 Å². The number of halogens is 2. The zero-order chi connectivity index (χ0) is 25.7. The van der Waals surface area contributed by atoms with Crippen molar-refractivity contribution in [2.75, 3.05) is 32.8 Å². The molecule has 10 heteroatoms. The van der Waals surface area contributed by atoms with Gasteiger partial charge in [0.05, 0.1) is 23.1 Å². The van der Waals surface area contributed by atoms with Crippen molar-refractivity contribution in [2.24, 2.45) is 0 Å². The molecule has 2 aliphatic rings. The van der Waals surface area contributed by atoms with Gasteiger partial charge in [0.2, 0.25) is 0 Å². The molecule has 0 aliphatic carbocycles. The summed E-state index contributed by atoms with van der Waals surface area (Å²) in [6, 6.07) is 13.6. The van der Waals surface area contributed by atoms with E-state index >= 15 is 0 Å². The minimum atomic E-state index is -1.06. The first-order valence-corrected chi connectivity index (χ1v) is 11.7. The van der Waals surface area contributed by atoms with Crippen LogP contribution in [0.25, 0.3) is 0 Å². The average molecular weight is 494 g/mol. The molecule has 1 unspecified atom stereocenters. The summed E-state index contributed by atoms with van der Waals surface area (Å²) in [5.74, 6) is -2.08. The van der Waals surface area contributed by atoms with Gasteiger partial charge in [-0.15, -0.1) is 0 Å². The number of rotatable bonds is 6. The van der Waals surface area contributed by atoms with E-state index in [1.54, 1.807) is 12.1 Å². The molecule has 2 saturated heterocycles. The molecule has 2 heterocycles. The maximum Gasteiger partial charge on any atom is 0.418 e. The van der Waals surface area contributed by atoms with Gasteiger partial charge in [-0.2, -0.15) is 10.5 Å². The summed E-state index contributed by atoms with van der Waals surface area (Å²) in [6.07, 6.45) is 0.969. The Labute approximate surface area is 207 Å². The molecule has 0 bridgehead atoms. The minimum Gasteiger partial charge on any atom is -0.446 e. The maximum atomic E-state index is 13.6. The van der Waals surface area contributed by atoms with Gasteiger partial charge in [-0.25, -0.2) is 23.3 Å². The first-order valence-electron chi connectivity index (χ1n) is 11.7. The van der Waals surface area contributed by atoms with Crippen LogP contribution < -0.4 is 5.32 Å². The molecule has 3 amide bonds. The van der Waals surface area contributed by atoms with Crippen LogP contribution in [-0.2, 0) is 10.2 Å². The van der Waals surface area contributed by atoms with E-state index in [0.29, 0.717) is 51.0 Å². The summed E-state index contributed by atoms with van der Waals surface area (Å²) >= 11 is 0. The summed E-state index contributed by atoms with van der Waals surface area (Å²) in [5, 5.41) is 22.0. The summed E-state index contributed by atoms with van der Waals surface area (Å²) < 4.78 is 31.9. The molecule has 1 atom stereocenters. The lowest BCUT2D eigenvalue weighted by Crippen LogP contribution is -2.44. The van der Waals surface area contributed by atoms with Crippen molar-refractivity contribution in [3.05, 3.63) is 70.8 Å². The molecule has 0 aromatic heterocycles. The smallest absolute Gasteiger partial charge is 0.418 e. The number of hydrogen-bond acceptors (Lipinski definition) is 6. The first kappa shape index (κ1) is 25.1. The van der Waals surface area contributed by atoms with Crippen molar-refractivity contribution < 1.29 is 23.1 Å². The van der Waals surface area contributed by atoms with Crippen LogP contribution in [0.3, 0.4) is 0 Å². The number of ether oxygens (including phenoxy) is 1. The van der Waals surface area contributed by atoms with Crippen molar-refractivity contribution in [3.63, 3.8) is 0 Å². The third-order valence-corrected chi connectivity index (χ3v) is 6.83. The highest BCUT2D eigenvalue weighted by atomic mass is 19.2. The Hall–Kier alpha value is -4.02. The molecule has 186 valence electrons. The van der Waals surface area contributed by atoms with E-state index < -0.39 is 35.2 Å². The molecule has 8 nitrogen and oxygen atoms in total. The van der Waals surface area contributed by atoms with Gasteiger partial charge in [0.25, 0.3) is 0 Å². The topological polar surface area (TPSA) is 109 Å². The number of likely N-dealkylation sites (tertiary alicyclic amines) is 1. The van der Waals surface area contributed by atoms with Crippen molar-refractivity contribution in [1.29, 1.82) is 10.5 Å². The molecule has 2 aliphatic heterocycles. The van der Waals surface area contributed by atoms with Crippen LogP contribution in [0.4, 0.5) is 18.4 Å². The van der Waals surface area contributed by atoms with Gasteiger partial charge in [0.15, 0.2) is 11.6 Å². The Morgan fingerprint density at radius 3 is 2.58 bits per heavy atom. The normalized spacial score (nSPS) is 19.3. The molecule has 2 fully saturated rings. The summed E-state index contributed by atoms with van der Waals surface area (Å²) in [6.45, 7) is 2.19. The lowest BCUT2D eigenvalue weighted by Gasteiger charge is -2.38. The van der Waals surface area contributed by atoms with Crippen molar-refractivity contribution in [2.45, 2.75) is 30.7 Å². The fourth-order valence-corrected chi connectivity index (χ4v) is 4.79. The number of nitrogens with one attached hydrogen (secondary N) is 1. The van der Waals surface area contributed by atoms with Crippen molar-refractivity contribution >= 4 is 12.1 Å². The van der Waals surface area contributed by atoms with Crippen LogP contribution in [-0.4, -0.2) is 54.7 Å². The van der Waals surface area contributed by atoms with Gasteiger partial charge in [-0.05, 0) is 68.2 Å². The Morgan fingerprint density at radius 2 is 1.89 bits per heavy atom. The van der Waals surface area contributed by atoms with Crippen LogP contribution in [0, 0.1) is 34.3 Å². The monoisotopic (exact) mass is 493 g/mol. The SMILES string of the molecule is N#Cc1ccccc1C1(C#N)CCN(CCCNC(=O)N2C(=O)OCC2c2ccc(F)c(F)c2)CC1. The summed E-state index contributed by atoms with van der Waals surface area (Å²) in [5.41, 5.74) is 0.872. The molecule has 1 N–H and O–H groups in total. The fraction of sp³-hybridized carbons (Fsp3) is 0.385. The van der Waals surface area contributed by atoms with Gasteiger partial charge < -0.3 is 15.0 Å². The van der Waals surface area contributed by atoms with Crippen LogP contribution in [0.2, 0.25) is 0 Å². The Kier molecular flexibility index (Phi) is 7.47. The third kappa shape index (κ3) is 5.00. The first-order chi connectivity index (χ1) is 17.4. The highest BCUT2D eigenvalue weighted by Crippen LogP contribution is 2.36. The van der Waals surface area contributed by atoms with Crippen molar-refractivity contribution in [1.82, 2.24) is 15.1 Å². The van der Waals surface area contributed by atoms with Crippen LogP contribution >= 0.6 is 0 Å². The predicted molar refractivity (Wildman–Crippen MR) is 124 cm³/mol. The molecular weight excluding hydrogens is 468 g/mol. The quantitative estimate of drug-likeness (QED) is 0.610. The fourth-order valence-electron chi connectivity index (χ4n) is 4.79. The highest BCUT2D eigenvalue weighted by Gasteiger charge is 2.40. The second kappa shape index (κ2) is 10.7. The number of hydrogen-bond donors (Lipinski definition) is 1. The minimum absolute atomic E-state index is 0.138. The van der Waals surface area contributed by atoms with E-state index in [1.165, 1.54) is 6.07 Å². The number of imide groups is 1. The maximum absolute atomic E-state index is 13.6. The number of amides is 3. The number of piperidine rings is 1. The zero-order valence-corrected chi connectivity index (χ0v) is 19.5. The molecular formula is C26H25F2N5O3. The molecule has 36 heavy (non-hydrogen) atoms. The Morgan fingerprint density at radius 1 is 1.14 bits per heavy atom. The number of carbonyl (C=O) groups is 2. The molecule has 0 radical (unpaired) electrons. The number of urea groups is 1. The number of nitrogens with zero attached hydrogens (tertiary/aromatic N) is 4. The summed E-state index contributed by atoms with van der Waals surface area (Å²) in [7, 11) is 0. The average Bonchev–Trinajstić information content (AvgIpc) is 3.30. The van der Waals surface area contributed by atoms with E-state index in [-0.39, 0.29) is 12.2 Å². The van der Waals surface area contributed by atoms with Gasteiger partial charge in [0, 0.05) is 6.54 Å². The lowest BCUT2D eigenvalue weighted by molar-refractivity contribution is 0.157. The number of nitriles is 2. The van der Waals surface area contributed by atoms with Gasteiger partial charge in [-0.3, -0.25) is 0 Å². The van der Waals surface area contributed by atoms with E-state index in [4.69, 9.17) is 4.74 Å². The largest absolute Gasteiger partial charge is 0.446 e. The Balaban J connectivity index is 1.27. The van der Waals surface area contributed by atoms with E-state index in [2.05, 4.69) is 22.4 Å². The van der Waals surface area contributed by atoms with E-state index in [0.717, 1.165) is 22.6 Å². The molecule has 0 spiro atoms. The van der Waals surface area contributed by atoms with E-state index in [1.807, 2.05) is 12.1 Å². The van der Waals surface area contributed by atoms with Gasteiger partial charge in [0.1, 0.15) is 12.6 Å². The van der Waals surface area contributed by atoms with E-state index in [9.17, 15) is 28.9 Å². The van der Waals surface area contributed by atoms with Gasteiger partial charge in [-0.1, -0.05) is 24.3 Å². The van der Waals surface area contributed by atoms with Crippen LogP contribution in [0.1, 0.15) is 42.0 Å². The van der Waals surface area contributed by atoms with Crippen molar-refractivity contribution in [3.8, 4) is 12.1 Å².